The van der Waals surface area contributed by atoms with E-state index in [1.807, 2.05) is 31.2 Å². The van der Waals surface area contributed by atoms with Crippen LogP contribution < -0.4 is 5.32 Å². The summed E-state index contributed by atoms with van der Waals surface area (Å²) in [5.41, 5.74) is 1.25. The van der Waals surface area contributed by atoms with Crippen LogP contribution in [0.15, 0.2) is 45.3 Å². The number of aryl methyl sites for hydroxylation is 1. The van der Waals surface area contributed by atoms with Crippen LogP contribution in [-0.2, 0) is 6.54 Å². The minimum atomic E-state index is 0.218. The van der Waals surface area contributed by atoms with E-state index in [-0.39, 0.29) is 6.04 Å². The molecular weight excluding hydrogens is 278 g/mol. The number of hydrogen-bond donors (Lipinski definition) is 1. The van der Waals surface area contributed by atoms with Gasteiger partial charge in [-0.3, -0.25) is 0 Å². The molecule has 90 valence electrons. The van der Waals surface area contributed by atoms with E-state index in [9.17, 15) is 0 Å². The predicted molar refractivity (Wildman–Crippen MR) is 72.8 cm³/mol. The van der Waals surface area contributed by atoms with Crippen molar-refractivity contribution in [3.63, 3.8) is 0 Å². The van der Waals surface area contributed by atoms with Crippen LogP contribution >= 0.6 is 15.9 Å². The topological polar surface area (TPSA) is 25.2 Å². The van der Waals surface area contributed by atoms with Crippen molar-refractivity contribution in [2.24, 2.45) is 0 Å². The van der Waals surface area contributed by atoms with E-state index in [4.69, 9.17) is 4.42 Å². The molecule has 2 nitrogen and oxygen atoms in total. The molecule has 0 spiro atoms. The maximum Gasteiger partial charge on any atom is 0.120 e. The molecule has 0 saturated carbocycles. The zero-order chi connectivity index (χ0) is 12.3. The highest BCUT2D eigenvalue weighted by Gasteiger charge is 2.09. The Labute approximate surface area is 110 Å². The van der Waals surface area contributed by atoms with Crippen LogP contribution in [0.2, 0.25) is 0 Å². The van der Waals surface area contributed by atoms with Gasteiger partial charge in [-0.15, -0.1) is 0 Å². The molecule has 0 amide bonds. The lowest BCUT2D eigenvalue weighted by molar-refractivity contribution is 0.415. The zero-order valence-corrected chi connectivity index (χ0v) is 11.6. The van der Waals surface area contributed by atoms with Gasteiger partial charge in [0.2, 0.25) is 0 Å². The van der Waals surface area contributed by atoms with Crippen LogP contribution in [0.1, 0.15) is 30.0 Å². The number of rotatable bonds is 4. The van der Waals surface area contributed by atoms with Crippen LogP contribution in [0.5, 0.6) is 0 Å². The highest BCUT2D eigenvalue weighted by atomic mass is 79.9. The van der Waals surface area contributed by atoms with Crippen LogP contribution in [0, 0.1) is 6.92 Å². The van der Waals surface area contributed by atoms with Crippen molar-refractivity contribution >= 4 is 15.9 Å². The van der Waals surface area contributed by atoms with Gasteiger partial charge in [-0.05, 0) is 37.6 Å². The molecule has 0 aliphatic carbocycles. The van der Waals surface area contributed by atoms with E-state index in [1.165, 1.54) is 5.56 Å². The van der Waals surface area contributed by atoms with Crippen molar-refractivity contribution in [3.8, 4) is 0 Å². The number of hydrogen-bond acceptors (Lipinski definition) is 2. The molecular formula is C14H16BrNO. The van der Waals surface area contributed by atoms with E-state index >= 15 is 0 Å². The maximum atomic E-state index is 5.59. The lowest BCUT2D eigenvalue weighted by atomic mass is 10.2. The molecule has 0 fully saturated rings. The molecule has 1 heterocycles. The summed E-state index contributed by atoms with van der Waals surface area (Å²) in [5.74, 6) is 1.93. The molecule has 1 unspecified atom stereocenters. The Morgan fingerprint density at radius 2 is 2.00 bits per heavy atom. The largest absolute Gasteiger partial charge is 0.465 e. The van der Waals surface area contributed by atoms with Gasteiger partial charge in [-0.2, -0.15) is 0 Å². The molecule has 1 N–H and O–H groups in total. The summed E-state index contributed by atoms with van der Waals surface area (Å²) >= 11 is 3.54. The maximum absolute atomic E-state index is 5.59. The van der Waals surface area contributed by atoms with E-state index in [0.29, 0.717) is 0 Å². The fourth-order valence-corrected chi connectivity index (χ4v) is 2.12. The van der Waals surface area contributed by atoms with Gasteiger partial charge >= 0.3 is 0 Å². The van der Waals surface area contributed by atoms with Gasteiger partial charge in [-0.25, -0.2) is 0 Å². The van der Waals surface area contributed by atoms with Crippen LogP contribution in [0.25, 0.3) is 0 Å². The zero-order valence-electron chi connectivity index (χ0n) is 10.0. The second kappa shape index (κ2) is 5.52. The molecule has 0 saturated heterocycles. The number of furan rings is 1. The fraction of sp³-hybridized carbons (Fsp3) is 0.286. The van der Waals surface area contributed by atoms with Gasteiger partial charge in [0.05, 0.1) is 6.04 Å². The summed E-state index contributed by atoms with van der Waals surface area (Å²) in [4.78, 5) is 0. The second-order valence-corrected chi connectivity index (χ2v) is 5.00. The first-order chi connectivity index (χ1) is 8.16. The van der Waals surface area contributed by atoms with E-state index in [0.717, 1.165) is 22.5 Å². The summed E-state index contributed by atoms with van der Waals surface area (Å²) in [5, 5.41) is 3.45. The molecule has 2 aromatic rings. The number of nitrogens with one attached hydrogen (secondary N) is 1. The summed E-state index contributed by atoms with van der Waals surface area (Å²) in [6.07, 6.45) is 0. The van der Waals surface area contributed by atoms with Crippen molar-refractivity contribution in [1.82, 2.24) is 5.32 Å². The first-order valence-corrected chi connectivity index (χ1v) is 6.49. The Bertz CT molecular complexity index is 492. The van der Waals surface area contributed by atoms with Gasteiger partial charge in [0.15, 0.2) is 0 Å². The fourth-order valence-electron chi connectivity index (χ4n) is 1.69. The Morgan fingerprint density at radius 3 is 2.65 bits per heavy atom. The quantitative estimate of drug-likeness (QED) is 0.914. The molecule has 0 bridgehead atoms. The Morgan fingerprint density at radius 1 is 1.24 bits per heavy atom. The summed E-state index contributed by atoms with van der Waals surface area (Å²) < 4.78 is 6.72. The van der Waals surface area contributed by atoms with E-state index in [1.54, 1.807) is 0 Å². The number of halogens is 1. The average molecular weight is 294 g/mol. The van der Waals surface area contributed by atoms with Crippen LogP contribution in [0.4, 0.5) is 0 Å². The highest BCUT2D eigenvalue weighted by Crippen LogP contribution is 2.19. The third-order valence-corrected chi connectivity index (χ3v) is 3.52. The first kappa shape index (κ1) is 12.4. The predicted octanol–water partition coefficient (Wildman–Crippen LogP) is 4.20. The lowest BCUT2D eigenvalue weighted by Gasteiger charge is -2.12. The molecule has 1 aromatic carbocycles. The van der Waals surface area contributed by atoms with E-state index < -0.39 is 0 Å². The van der Waals surface area contributed by atoms with Crippen molar-refractivity contribution < 1.29 is 4.42 Å². The first-order valence-electron chi connectivity index (χ1n) is 5.70. The summed E-state index contributed by atoms with van der Waals surface area (Å²) in [7, 11) is 0. The average Bonchev–Trinajstić information content (AvgIpc) is 2.74. The SMILES string of the molecule is Cc1ccc(C(C)NCc2ccccc2Br)o1. The Hall–Kier alpha value is -1.06. The smallest absolute Gasteiger partial charge is 0.120 e. The standard InChI is InChI=1S/C14H16BrNO/c1-10-7-8-14(17-10)11(2)16-9-12-5-3-4-6-13(12)15/h3-8,11,16H,9H2,1-2H3. The molecule has 3 heteroatoms. The van der Waals surface area contributed by atoms with Gasteiger partial charge in [0, 0.05) is 11.0 Å². The van der Waals surface area contributed by atoms with E-state index in [2.05, 4.69) is 40.3 Å². The minimum absolute atomic E-state index is 0.218. The Kier molecular flexibility index (Phi) is 4.02. The van der Waals surface area contributed by atoms with Crippen molar-refractivity contribution in [2.45, 2.75) is 26.4 Å². The summed E-state index contributed by atoms with van der Waals surface area (Å²) in [6, 6.07) is 12.5. The third-order valence-electron chi connectivity index (χ3n) is 2.74. The molecule has 17 heavy (non-hydrogen) atoms. The van der Waals surface area contributed by atoms with Crippen LogP contribution in [0.3, 0.4) is 0 Å². The van der Waals surface area contributed by atoms with Crippen molar-refractivity contribution in [1.29, 1.82) is 0 Å². The molecule has 1 atom stereocenters. The third kappa shape index (κ3) is 3.20. The van der Waals surface area contributed by atoms with Gasteiger partial charge < -0.3 is 9.73 Å². The molecule has 0 aliphatic heterocycles. The lowest BCUT2D eigenvalue weighted by Crippen LogP contribution is -2.17. The van der Waals surface area contributed by atoms with Gasteiger partial charge in [-0.1, -0.05) is 34.1 Å². The Balaban J connectivity index is 1.97. The normalized spacial score (nSPS) is 12.6. The molecule has 0 radical (unpaired) electrons. The molecule has 0 aliphatic rings. The summed E-state index contributed by atoms with van der Waals surface area (Å²) in [6.45, 7) is 4.89. The molecule has 1 aromatic heterocycles. The van der Waals surface area contributed by atoms with Gasteiger partial charge in [0.1, 0.15) is 11.5 Å². The number of benzene rings is 1. The van der Waals surface area contributed by atoms with Crippen molar-refractivity contribution in [2.75, 3.05) is 0 Å². The highest BCUT2D eigenvalue weighted by molar-refractivity contribution is 9.10. The van der Waals surface area contributed by atoms with Crippen molar-refractivity contribution in [3.05, 3.63) is 58.0 Å². The van der Waals surface area contributed by atoms with Crippen LogP contribution in [-0.4, -0.2) is 0 Å². The minimum Gasteiger partial charge on any atom is -0.465 e. The monoisotopic (exact) mass is 293 g/mol. The van der Waals surface area contributed by atoms with Gasteiger partial charge in [0.25, 0.3) is 0 Å². The molecule has 2 rings (SSSR count). The second-order valence-electron chi connectivity index (χ2n) is 4.14.